The number of nitrogens with two attached hydrogens (primary N) is 1. The predicted molar refractivity (Wildman–Crippen MR) is 52.1 cm³/mol. The summed E-state index contributed by atoms with van der Waals surface area (Å²) in [6.45, 7) is 1.86. The van der Waals surface area contributed by atoms with Crippen molar-refractivity contribution in [3.8, 4) is 5.40 Å². The second-order valence-corrected chi connectivity index (χ2v) is 3.59. The van der Waals surface area contributed by atoms with Crippen molar-refractivity contribution in [2.45, 2.75) is 11.8 Å². The van der Waals surface area contributed by atoms with Gasteiger partial charge in [-0.05, 0) is 36.4 Å². The molecule has 1 aromatic rings. The molecule has 0 amide bonds. The van der Waals surface area contributed by atoms with Crippen molar-refractivity contribution in [1.29, 1.82) is 5.26 Å². The zero-order chi connectivity index (χ0) is 9.14. The van der Waals surface area contributed by atoms with Gasteiger partial charge in [-0.15, -0.1) is 0 Å². The van der Waals surface area contributed by atoms with Crippen molar-refractivity contribution in [2.75, 3.05) is 5.73 Å². The van der Waals surface area contributed by atoms with Crippen molar-refractivity contribution in [3.63, 3.8) is 0 Å². The van der Waals surface area contributed by atoms with Gasteiger partial charge in [-0.25, -0.2) is 0 Å². The number of nitrogens with zero attached hydrogens (tertiary/aromatic N) is 1. The van der Waals surface area contributed by atoms with E-state index in [0.29, 0.717) is 10.7 Å². The van der Waals surface area contributed by atoms with Crippen LogP contribution < -0.4 is 5.73 Å². The normalized spacial score (nSPS) is 9.42. The highest BCUT2D eigenvalue weighted by Crippen LogP contribution is 2.28. The summed E-state index contributed by atoms with van der Waals surface area (Å²) >= 11 is 6.88. The van der Waals surface area contributed by atoms with Gasteiger partial charge in [0, 0.05) is 4.90 Å². The van der Waals surface area contributed by atoms with E-state index in [2.05, 4.69) is 0 Å². The number of nitriles is 1. The van der Waals surface area contributed by atoms with Gasteiger partial charge in [0.2, 0.25) is 0 Å². The first-order valence-electron chi connectivity index (χ1n) is 3.26. The number of hydrogen-bond acceptors (Lipinski definition) is 3. The fourth-order valence-electron chi connectivity index (χ4n) is 0.835. The number of aryl methyl sites for hydroxylation is 1. The van der Waals surface area contributed by atoms with Crippen molar-refractivity contribution < 1.29 is 0 Å². The third-order valence-electron chi connectivity index (χ3n) is 1.47. The molecule has 62 valence electrons. The van der Waals surface area contributed by atoms with Crippen LogP contribution in [0.3, 0.4) is 0 Å². The molecule has 0 bridgehead atoms. The van der Waals surface area contributed by atoms with Gasteiger partial charge in [0.25, 0.3) is 0 Å². The van der Waals surface area contributed by atoms with E-state index >= 15 is 0 Å². The molecule has 2 N–H and O–H groups in total. The largest absolute Gasteiger partial charge is 0.397 e. The van der Waals surface area contributed by atoms with Gasteiger partial charge >= 0.3 is 0 Å². The standard InChI is InChI=1S/C8H7ClN2S/c1-5-2-6(12-4-10)3-7(9)8(5)11/h2-3H,11H2,1H3. The van der Waals surface area contributed by atoms with E-state index in [-0.39, 0.29) is 0 Å². The molecule has 0 saturated carbocycles. The van der Waals surface area contributed by atoms with Crippen LogP contribution in [0.1, 0.15) is 5.56 Å². The summed E-state index contributed by atoms with van der Waals surface area (Å²) < 4.78 is 0. The van der Waals surface area contributed by atoms with Crippen molar-refractivity contribution >= 4 is 29.1 Å². The Balaban J connectivity index is 3.14. The maximum atomic E-state index is 8.41. The summed E-state index contributed by atoms with van der Waals surface area (Å²) in [6.07, 6.45) is 0. The van der Waals surface area contributed by atoms with Gasteiger partial charge in [-0.1, -0.05) is 11.6 Å². The van der Waals surface area contributed by atoms with E-state index < -0.39 is 0 Å². The van der Waals surface area contributed by atoms with E-state index in [1.165, 1.54) is 0 Å². The number of thioether (sulfide) groups is 1. The molecule has 0 aliphatic heterocycles. The van der Waals surface area contributed by atoms with Crippen LogP contribution in [-0.2, 0) is 0 Å². The Labute approximate surface area is 80.3 Å². The molecular formula is C8H7ClN2S. The topological polar surface area (TPSA) is 49.8 Å². The summed E-state index contributed by atoms with van der Waals surface area (Å²) in [5.74, 6) is 0. The Morgan fingerprint density at radius 1 is 1.58 bits per heavy atom. The Hall–Kier alpha value is -0.850. The first-order chi connectivity index (χ1) is 5.65. The molecule has 0 aliphatic rings. The number of rotatable bonds is 1. The lowest BCUT2D eigenvalue weighted by Gasteiger charge is -2.03. The summed E-state index contributed by atoms with van der Waals surface area (Å²) in [6, 6.07) is 3.53. The molecule has 0 aliphatic carbocycles. The van der Waals surface area contributed by atoms with Gasteiger partial charge in [0.15, 0.2) is 0 Å². The number of hydrogen-bond donors (Lipinski definition) is 1. The highest BCUT2D eigenvalue weighted by Gasteiger charge is 2.02. The molecule has 1 aromatic carbocycles. The van der Waals surface area contributed by atoms with E-state index in [1.807, 2.05) is 18.4 Å². The van der Waals surface area contributed by atoms with Gasteiger partial charge in [-0.3, -0.25) is 0 Å². The number of nitrogen functional groups attached to an aromatic ring is 1. The Morgan fingerprint density at radius 2 is 2.25 bits per heavy atom. The zero-order valence-electron chi connectivity index (χ0n) is 6.47. The van der Waals surface area contributed by atoms with Crippen LogP contribution in [0.2, 0.25) is 5.02 Å². The highest BCUT2D eigenvalue weighted by atomic mass is 35.5. The SMILES string of the molecule is Cc1cc(SC#N)cc(Cl)c1N. The van der Waals surface area contributed by atoms with Crippen molar-refractivity contribution in [1.82, 2.24) is 0 Å². The molecule has 0 aromatic heterocycles. The van der Waals surface area contributed by atoms with E-state index in [1.54, 1.807) is 6.07 Å². The molecule has 1 rings (SSSR count). The maximum Gasteiger partial charge on any atom is 0.138 e. The molecule has 0 spiro atoms. The molecule has 0 atom stereocenters. The second kappa shape index (κ2) is 3.70. The molecule has 0 fully saturated rings. The fraction of sp³-hybridized carbons (Fsp3) is 0.125. The summed E-state index contributed by atoms with van der Waals surface area (Å²) in [7, 11) is 0. The number of benzene rings is 1. The minimum atomic E-state index is 0.507. The van der Waals surface area contributed by atoms with Gasteiger partial charge in [0.1, 0.15) is 5.40 Å². The minimum absolute atomic E-state index is 0.507. The minimum Gasteiger partial charge on any atom is -0.397 e. The first-order valence-corrected chi connectivity index (χ1v) is 4.46. The van der Waals surface area contributed by atoms with Crippen LogP contribution >= 0.6 is 23.4 Å². The Bertz CT molecular complexity index is 320. The molecule has 0 saturated heterocycles. The second-order valence-electron chi connectivity index (χ2n) is 2.33. The molecule has 12 heavy (non-hydrogen) atoms. The molecule has 2 nitrogen and oxygen atoms in total. The van der Waals surface area contributed by atoms with Crippen LogP contribution in [0, 0.1) is 17.6 Å². The van der Waals surface area contributed by atoms with Crippen LogP contribution in [0.25, 0.3) is 0 Å². The van der Waals surface area contributed by atoms with Crippen LogP contribution in [-0.4, -0.2) is 0 Å². The van der Waals surface area contributed by atoms with Gasteiger partial charge < -0.3 is 5.73 Å². The lowest BCUT2D eigenvalue weighted by molar-refractivity contribution is 1.37. The monoisotopic (exact) mass is 198 g/mol. The molecule has 0 unspecified atom stereocenters. The van der Waals surface area contributed by atoms with Crippen LogP contribution in [0.5, 0.6) is 0 Å². The van der Waals surface area contributed by atoms with Crippen molar-refractivity contribution in [3.05, 3.63) is 22.7 Å². The predicted octanol–water partition coefficient (Wildman–Crippen LogP) is 2.80. The fourth-order valence-corrected chi connectivity index (χ4v) is 1.68. The smallest absolute Gasteiger partial charge is 0.138 e. The number of anilines is 1. The Morgan fingerprint density at radius 3 is 2.75 bits per heavy atom. The third-order valence-corrected chi connectivity index (χ3v) is 2.35. The zero-order valence-corrected chi connectivity index (χ0v) is 8.04. The average Bonchev–Trinajstić information content (AvgIpc) is 2.01. The molecule has 0 radical (unpaired) electrons. The third kappa shape index (κ3) is 1.84. The van der Waals surface area contributed by atoms with E-state index in [0.717, 1.165) is 22.2 Å². The number of halogens is 1. The summed E-state index contributed by atoms with van der Waals surface area (Å²) in [5, 5.41) is 10.9. The highest BCUT2D eigenvalue weighted by molar-refractivity contribution is 8.03. The molecular weight excluding hydrogens is 192 g/mol. The quantitative estimate of drug-likeness (QED) is 0.429. The first kappa shape index (κ1) is 9.24. The average molecular weight is 199 g/mol. The lowest BCUT2D eigenvalue weighted by atomic mass is 10.2. The van der Waals surface area contributed by atoms with Crippen LogP contribution in [0.4, 0.5) is 5.69 Å². The molecule has 0 heterocycles. The maximum absolute atomic E-state index is 8.41. The summed E-state index contributed by atoms with van der Waals surface area (Å²) in [4.78, 5) is 0.828. The van der Waals surface area contributed by atoms with Crippen molar-refractivity contribution in [2.24, 2.45) is 0 Å². The number of thiocyanates is 1. The summed E-state index contributed by atoms with van der Waals surface area (Å²) in [5.41, 5.74) is 7.11. The van der Waals surface area contributed by atoms with Gasteiger partial charge in [-0.2, -0.15) is 5.26 Å². The molecule has 4 heteroatoms. The lowest BCUT2D eigenvalue weighted by Crippen LogP contribution is -1.90. The van der Waals surface area contributed by atoms with E-state index in [9.17, 15) is 0 Å². The van der Waals surface area contributed by atoms with Crippen LogP contribution in [0.15, 0.2) is 17.0 Å². The van der Waals surface area contributed by atoms with Gasteiger partial charge in [0.05, 0.1) is 10.7 Å². The Kier molecular flexibility index (Phi) is 2.85. The van der Waals surface area contributed by atoms with E-state index in [4.69, 9.17) is 22.6 Å².